The van der Waals surface area contributed by atoms with Crippen LogP contribution >= 0.6 is 11.3 Å². The van der Waals surface area contributed by atoms with Gasteiger partial charge >= 0.3 is 0 Å². The second-order valence-corrected chi connectivity index (χ2v) is 8.96. The molecule has 2 heterocycles. The van der Waals surface area contributed by atoms with Crippen molar-refractivity contribution in [1.29, 1.82) is 0 Å². The first-order chi connectivity index (χ1) is 12.4. The number of carbonyl (C=O) groups is 1. The summed E-state index contributed by atoms with van der Waals surface area (Å²) in [5.41, 5.74) is 2.52. The Morgan fingerprint density at radius 3 is 2.42 bits per heavy atom. The number of rotatable bonds is 5. The fraction of sp³-hybridized carbons (Fsp3) is 0.524. The molecular formula is C21H29N3OS. The van der Waals surface area contributed by atoms with E-state index in [0.717, 1.165) is 39.1 Å². The van der Waals surface area contributed by atoms with Gasteiger partial charge < -0.3 is 4.90 Å². The minimum atomic E-state index is 0.110. The number of piperazine rings is 1. The molecule has 140 valence electrons. The van der Waals surface area contributed by atoms with Crippen molar-refractivity contribution in [2.24, 2.45) is 0 Å². The predicted octanol–water partition coefficient (Wildman–Crippen LogP) is 3.72. The van der Waals surface area contributed by atoms with Gasteiger partial charge in [-0.25, -0.2) is 4.98 Å². The van der Waals surface area contributed by atoms with Crippen molar-refractivity contribution in [3.8, 4) is 0 Å². The first kappa shape index (κ1) is 19.1. The molecule has 0 N–H and O–H groups in total. The first-order valence-corrected chi connectivity index (χ1v) is 10.3. The van der Waals surface area contributed by atoms with Crippen molar-refractivity contribution in [2.75, 3.05) is 26.2 Å². The lowest BCUT2D eigenvalue weighted by Crippen LogP contribution is -2.48. The Morgan fingerprint density at radius 1 is 1.12 bits per heavy atom. The molecule has 1 saturated heterocycles. The fourth-order valence-electron chi connectivity index (χ4n) is 3.13. The third-order valence-corrected chi connectivity index (χ3v) is 5.71. The Balaban J connectivity index is 1.43. The second-order valence-electron chi connectivity index (χ2n) is 8.02. The second kappa shape index (κ2) is 8.31. The summed E-state index contributed by atoms with van der Waals surface area (Å²) >= 11 is 1.75. The van der Waals surface area contributed by atoms with Crippen LogP contribution in [0, 0.1) is 0 Å². The van der Waals surface area contributed by atoms with Crippen molar-refractivity contribution >= 4 is 17.2 Å². The molecular weight excluding hydrogens is 342 g/mol. The summed E-state index contributed by atoms with van der Waals surface area (Å²) in [4.78, 5) is 21.7. The lowest BCUT2D eigenvalue weighted by molar-refractivity contribution is -0.133. The molecule has 0 aliphatic carbocycles. The zero-order chi connectivity index (χ0) is 18.6. The van der Waals surface area contributed by atoms with E-state index in [2.05, 4.69) is 43.2 Å². The van der Waals surface area contributed by atoms with E-state index in [1.165, 1.54) is 16.3 Å². The Morgan fingerprint density at radius 2 is 1.81 bits per heavy atom. The average Bonchev–Trinajstić information content (AvgIpc) is 3.10. The van der Waals surface area contributed by atoms with Gasteiger partial charge in [0.05, 0.1) is 12.2 Å². The number of hydrogen-bond donors (Lipinski definition) is 0. The zero-order valence-electron chi connectivity index (χ0n) is 16.1. The van der Waals surface area contributed by atoms with Crippen molar-refractivity contribution in [3.63, 3.8) is 0 Å². The van der Waals surface area contributed by atoms with Crippen molar-refractivity contribution in [1.82, 2.24) is 14.8 Å². The molecule has 1 fully saturated rings. The highest BCUT2D eigenvalue weighted by atomic mass is 32.1. The lowest BCUT2D eigenvalue weighted by Gasteiger charge is -2.34. The smallest absolute Gasteiger partial charge is 0.222 e. The summed E-state index contributed by atoms with van der Waals surface area (Å²) in [6.45, 7) is 11.0. The van der Waals surface area contributed by atoms with E-state index in [0.29, 0.717) is 6.42 Å². The minimum Gasteiger partial charge on any atom is -0.340 e. The fourth-order valence-corrected chi connectivity index (χ4v) is 4.19. The minimum absolute atomic E-state index is 0.110. The van der Waals surface area contributed by atoms with Gasteiger partial charge in [-0.3, -0.25) is 9.69 Å². The van der Waals surface area contributed by atoms with Gasteiger partial charge in [0, 0.05) is 43.4 Å². The molecule has 5 heteroatoms. The first-order valence-electron chi connectivity index (χ1n) is 9.41. The van der Waals surface area contributed by atoms with Crippen LogP contribution in [0.4, 0.5) is 0 Å². The van der Waals surface area contributed by atoms with Gasteiger partial charge in [-0.2, -0.15) is 0 Å². The Bertz CT molecular complexity index is 712. The molecule has 2 aromatic rings. The summed E-state index contributed by atoms with van der Waals surface area (Å²) in [6.07, 6.45) is 1.43. The summed E-state index contributed by atoms with van der Waals surface area (Å²) in [7, 11) is 0. The van der Waals surface area contributed by atoms with E-state index in [-0.39, 0.29) is 11.3 Å². The van der Waals surface area contributed by atoms with E-state index >= 15 is 0 Å². The van der Waals surface area contributed by atoms with E-state index < -0.39 is 0 Å². The molecule has 26 heavy (non-hydrogen) atoms. The molecule has 1 aliphatic heterocycles. The number of aromatic nitrogens is 1. The third kappa shape index (κ3) is 5.15. The molecule has 0 saturated carbocycles. The highest BCUT2D eigenvalue weighted by Crippen LogP contribution is 2.24. The molecule has 1 aromatic heterocycles. The Hall–Kier alpha value is -1.72. The molecule has 0 radical (unpaired) electrons. The van der Waals surface area contributed by atoms with Crippen LogP contribution in [-0.2, 0) is 23.2 Å². The highest BCUT2D eigenvalue weighted by molar-refractivity contribution is 7.09. The standard InChI is InChI=1S/C21H29N3OS/c1-21(2,3)18-16-26-19(22-18)15-23-11-13-24(14-12-23)20(25)10-9-17-7-5-4-6-8-17/h4-8,16H,9-15H2,1-3H3. The maximum atomic E-state index is 12.4. The van der Waals surface area contributed by atoms with Crippen LogP contribution in [0.15, 0.2) is 35.7 Å². The van der Waals surface area contributed by atoms with Crippen LogP contribution in [0.3, 0.4) is 0 Å². The lowest BCUT2D eigenvalue weighted by atomic mass is 9.93. The average molecular weight is 372 g/mol. The van der Waals surface area contributed by atoms with Crippen molar-refractivity contribution in [2.45, 2.75) is 45.6 Å². The molecule has 1 aromatic carbocycles. The summed E-state index contributed by atoms with van der Waals surface area (Å²) in [6, 6.07) is 10.2. The van der Waals surface area contributed by atoms with Crippen LogP contribution in [0.2, 0.25) is 0 Å². The van der Waals surface area contributed by atoms with Gasteiger partial charge in [-0.05, 0) is 12.0 Å². The van der Waals surface area contributed by atoms with E-state index in [9.17, 15) is 4.79 Å². The van der Waals surface area contributed by atoms with Crippen LogP contribution in [-0.4, -0.2) is 46.9 Å². The largest absolute Gasteiger partial charge is 0.340 e. The van der Waals surface area contributed by atoms with Gasteiger partial charge in [0.2, 0.25) is 5.91 Å². The summed E-state index contributed by atoms with van der Waals surface area (Å²) < 4.78 is 0. The SMILES string of the molecule is CC(C)(C)c1csc(CN2CCN(C(=O)CCc3ccccc3)CC2)n1. The number of carbonyl (C=O) groups excluding carboxylic acids is 1. The maximum absolute atomic E-state index is 12.4. The zero-order valence-corrected chi connectivity index (χ0v) is 16.9. The predicted molar refractivity (Wildman–Crippen MR) is 107 cm³/mol. The van der Waals surface area contributed by atoms with Gasteiger partial charge in [-0.15, -0.1) is 11.3 Å². The number of thiazole rings is 1. The van der Waals surface area contributed by atoms with Crippen LogP contribution in [0.1, 0.15) is 43.5 Å². The van der Waals surface area contributed by atoms with Crippen molar-refractivity contribution in [3.05, 3.63) is 52.0 Å². The number of aryl methyl sites for hydroxylation is 1. The summed E-state index contributed by atoms with van der Waals surface area (Å²) in [5, 5.41) is 3.36. The number of benzene rings is 1. The monoisotopic (exact) mass is 371 g/mol. The molecule has 1 amide bonds. The van der Waals surface area contributed by atoms with E-state index in [1.54, 1.807) is 11.3 Å². The quantitative estimate of drug-likeness (QED) is 0.804. The molecule has 0 spiro atoms. The van der Waals surface area contributed by atoms with E-state index in [1.807, 2.05) is 23.1 Å². The normalized spacial score (nSPS) is 16.0. The third-order valence-electron chi connectivity index (χ3n) is 4.87. The van der Waals surface area contributed by atoms with Gasteiger partial charge in [0.25, 0.3) is 0 Å². The molecule has 0 bridgehead atoms. The molecule has 3 rings (SSSR count). The van der Waals surface area contributed by atoms with Crippen LogP contribution in [0.25, 0.3) is 0 Å². The molecule has 0 unspecified atom stereocenters. The summed E-state index contributed by atoms with van der Waals surface area (Å²) in [5.74, 6) is 0.276. The van der Waals surface area contributed by atoms with Crippen molar-refractivity contribution < 1.29 is 4.79 Å². The highest BCUT2D eigenvalue weighted by Gasteiger charge is 2.23. The number of hydrogen-bond acceptors (Lipinski definition) is 4. The van der Waals surface area contributed by atoms with Crippen LogP contribution in [0.5, 0.6) is 0 Å². The molecule has 1 aliphatic rings. The van der Waals surface area contributed by atoms with E-state index in [4.69, 9.17) is 4.98 Å². The number of nitrogens with zero attached hydrogens (tertiary/aromatic N) is 3. The molecule has 0 atom stereocenters. The van der Waals surface area contributed by atoms with Gasteiger partial charge in [0.1, 0.15) is 5.01 Å². The number of amides is 1. The maximum Gasteiger partial charge on any atom is 0.222 e. The topological polar surface area (TPSA) is 36.4 Å². The Kier molecular flexibility index (Phi) is 6.09. The Labute approximate surface area is 160 Å². The van der Waals surface area contributed by atoms with Gasteiger partial charge in [-0.1, -0.05) is 51.1 Å². The molecule has 4 nitrogen and oxygen atoms in total. The van der Waals surface area contributed by atoms with Gasteiger partial charge in [0.15, 0.2) is 0 Å². The van der Waals surface area contributed by atoms with Crippen LogP contribution < -0.4 is 0 Å².